The van der Waals surface area contributed by atoms with Crippen molar-refractivity contribution >= 4 is 22.6 Å². The molecule has 108 valence electrons. The highest BCUT2D eigenvalue weighted by Crippen LogP contribution is 2.36. The second-order valence-electron chi connectivity index (χ2n) is 5.70. The molecule has 0 amide bonds. The maximum Gasteiger partial charge on any atom is 0.238 e. The third-order valence-corrected chi connectivity index (χ3v) is 4.62. The van der Waals surface area contributed by atoms with Gasteiger partial charge >= 0.3 is 0 Å². The molecule has 19 heavy (non-hydrogen) atoms. The van der Waals surface area contributed by atoms with Crippen molar-refractivity contribution in [2.45, 2.75) is 32.6 Å². The van der Waals surface area contributed by atoms with Gasteiger partial charge in [-0.3, -0.25) is 0 Å². The van der Waals surface area contributed by atoms with E-state index in [0.717, 1.165) is 49.9 Å². The molecule has 1 aromatic rings. The molecule has 0 spiro atoms. The van der Waals surface area contributed by atoms with Gasteiger partial charge in [0.15, 0.2) is 0 Å². The average Bonchev–Trinajstić information content (AvgIpc) is 2.89. The molecule has 2 heterocycles. The number of aliphatic hydroxyl groups is 1. The van der Waals surface area contributed by atoms with Gasteiger partial charge in [0.1, 0.15) is 0 Å². The van der Waals surface area contributed by atoms with Gasteiger partial charge in [-0.05, 0) is 19.3 Å². The van der Waals surface area contributed by atoms with Gasteiger partial charge in [0.25, 0.3) is 0 Å². The zero-order valence-electron chi connectivity index (χ0n) is 12.1. The minimum Gasteiger partial charge on any atom is -0.396 e. The van der Waals surface area contributed by atoms with Crippen LogP contribution in [0.5, 0.6) is 0 Å². The SMILES string of the molecule is CCC[C@]1(CO)CCCN(c2nc(N(C)C)ns2)C1. The predicted molar refractivity (Wildman–Crippen MR) is 80.1 cm³/mol. The predicted octanol–water partition coefficient (Wildman–Crippen LogP) is 1.98. The van der Waals surface area contributed by atoms with Crippen molar-refractivity contribution in [3.63, 3.8) is 0 Å². The third kappa shape index (κ3) is 3.17. The van der Waals surface area contributed by atoms with E-state index in [0.29, 0.717) is 0 Å². The first kappa shape index (κ1) is 14.5. The Bertz CT molecular complexity index is 405. The second-order valence-corrected chi connectivity index (χ2v) is 6.43. The lowest BCUT2D eigenvalue weighted by atomic mass is 9.77. The number of nitrogens with zero attached hydrogens (tertiary/aromatic N) is 4. The molecule has 1 aliphatic heterocycles. The highest BCUT2D eigenvalue weighted by Gasteiger charge is 2.35. The largest absolute Gasteiger partial charge is 0.396 e. The van der Waals surface area contributed by atoms with E-state index < -0.39 is 0 Å². The molecular weight excluding hydrogens is 260 g/mol. The van der Waals surface area contributed by atoms with Crippen molar-refractivity contribution in [1.29, 1.82) is 0 Å². The summed E-state index contributed by atoms with van der Waals surface area (Å²) in [5, 5.41) is 10.7. The maximum absolute atomic E-state index is 9.76. The van der Waals surface area contributed by atoms with Gasteiger partial charge in [-0.25, -0.2) is 0 Å². The Morgan fingerprint density at radius 2 is 2.26 bits per heavy atom. The Labute approximate surface area is 119 Å². The number of hydrogen-bond acceptors (Lipinski definition) is 6. The maximum atomic E-state index is 9.76. The molecule has 5 nitrogen and oxygen atoms in total. The Balaban J connectivity index is 2.11. The lowest BCUT2D eigenvalue weighted by molar-refractivity contribution is 0.0954. The standard InChI is InChI=1S/C13H24N4OS/c1-4-6-13(10-18)7-5-8-17(9-13)12-14-11(15-19-12)16(2)3/h18H,4-10H2,1-3H3/t13-/m0/s1. The Kier molecular flexibility index (Phi) is 4.62. The van der Waals surface area contributed by atoms with Crippen LogP contribution in [0, 0.1) is 5.41 Å². The molecular formula is C13H24N4OS. The molecule has 6 heteroatoms. The van der Waals surface area contributed by atoms with Crippen LogP contribution in [0.1, 0.15) is 32.6 Å². The summed E-state index contributed by atoms with van der Waals surface area (Å²) in [5.41, 5.74) is 0.0525. The van der Waals surface area contributed by atoms with Crippen molar-refractivity contribution < 1.29 is 5.11 Å². The smallest absolute Gasteiger partial charge is 0.238 e. The Morgan fingerprint density at radius 3 is 2.84 bits per heavy atom. The monoisotopic (exact) mass is 284 g/mol. The van der Waals surface area contributed by atoms with Crippen LogP contribution in [0.25, 0.3) is 0 Å². The van der Waals surface area contributed by atoms with Crippen molar-refractivity contribution in [1.82, 2.24) is 9.36 Å². The first-order valence-corrected chi connectivity index (χ1v) is 7.74. The van der Waals surface area contributed by atoms with Crippen molar-refractivity contribution in [3.8, 4) is 0 Å². The molecule has 0 unspecified atom stereocenters. The first-order valence-electron chi connectivity index (χ1n) is 6.97. The van der Waals surface area contributed by atoms with E-state index in [9.17, 15) is 5.11 Å². The molecule has 0 aromatic carbocycles. The second kappa shape index (κ2) is 6.05. The molecule has 0 saturated carbocycles. The van der Waals surface area contributed by atoms with E-state index in [1.54, 1.807) is 0 Å². The van der Waals surface area contributed by atoms with E-state index in [2.05, 4.69) is 21.2 Å². The molecule has 1 aliphatic rings. The number of piperidine rings is 1. The Morgan fingerprint density at radius 1 is 1.47 bits per heavy atom. The molecule has 0 radical (unpaired) electrons. The number of aromatic nitrogens is 2. The molecule has 0 bridgehead atoms. The van der Waals surface area contributed by atoms with Crippen molar-refractivity contribution in [2.24, 2.45) is 5.41 Å². The summed E-state index contributed by atoms with van der Waals surface area (Å²) in [5.74, 6) is 0.774. The summed E-state index contributed by atoms with van der Waals surface area (Å²) in [7, 11) is 3.91. The van der Waals surface area contributed by atoms with Gasteiger partial charge in [0.2, 0.25) is 11.1 Å². The fourth-order valence-electron chi connectivity index (χ4n) is 2.83. The number of aliphatic hydroxyl groups excluding tert-OH is 1. The van der Waals surface area contributed by atoms with Gasteiger partial charge in [-0.1, -0.05) is 13.3 Å². The van der Waals surface area contributed by atoms with E-state index in [1.165, 1.54) is 11.5 Å². The lowest BCUT2D eigenvalue weighted by Gasteiger charge is -2.41. The summed E-state index contributed by atoms with van der Waals surface area (Å²) < 4.78 is 4.36. The van der Waals surface area contributed by atoms with Crippen LogP contribution in [-0.2, 0) is 0 Å². The molecule has 2 rings (SSSR count). The zero-order valence-corrected chi connectivity index (χ0v) is 12.9. The molecule has 1 N–H and O–H groups in total. The topological polar surface area (TPSA) is 52.5 Å². The number of rotatable bonds is 5. The fourth-order valence-corrected chi connectivity index (χ4v) is 3.59. The van der Waals surface area contributed by atoms with Crippen molar-refractivity contribution in [2.75, 3.05) is 43.6 Å². The van der Waals surface area contributed by atoms with Gasteiger partial charge in [0, 0.05) is 44.1 Å². The van der Waals surface area contributed by atoms with Crippen molar-refractivity contribution in [3.05, 3.63) is 0 Å². The van der Waals surface area contributed by atoms with Crippen LogP contribution in [-0.4, -0.2) is 48.3 Å². The van der Waals surface area contributed by atoms with E-state index in [4.69, 9.17) is 0 Å². The van der Waals surface area contributed by atoms with E-state index in [-0.39, 0.29) is 12.0 Å². The summed E-state index contributed by atoms with van der Waals surface area (Å²) in [6.45, 7) is 4.38. The average molecular weight is 284 g/mol. The van der Waals surface area contributed by atoms with Gasteiger partial charge in [-0.2, -0.15) is 9.36 Å². The highest BCUT2D eigenvalue weighted by molar-refractivity contribution is 7.09. The van der Waals surface area contributed by atoms with E-state index >= 15 is 0 Å². The summed E-state index contributed by atoms with van der Waals surface area (Å²) in [6.07, 6.45) is 4.44. The van der Waals surface area contributed by atoms with Crippen LogP contribution in [0.15, 0.2) is 0 Å². The summed E-state index contributed by atoms with van der Waals surface area (Å²) >= 11 is 1.46. The van der Waals surface area contributed by atoms with Crippen LogP contribution in [0.2, 0.25) is 0 Å². The highest BCUT2D eigenvalue weighted by atomic mass is 32.1. The van der Waals surface area contributed by atoms with Gasteiger partial charge in [-0.15, -0.1) is 0 Å². The lowest BCUT2D eigenvalue weighted by Crippen LogP contribution is -2.45. The van der Waals surface area contributed by atoms with Crippen LogP contribution in [0.4, 0.5) is 11.1 Å². The zero-order chi connectivity index (χ0) is 13.9. The van der Waals surface area contributed by atoms with Crippen LogP contribution in [0.3, 0.4) is 0 Å². The van der Waals surface area contributed by atoms with Crippen LogP contribution >= 0.6 is 11.5 Å². The number of anilines is 2. The van der Waals surface area contributed by atoms with E-state index in [1.807, 2.05) is 19.0 Å². The van der Waals surface area contributed by atoms with Crippen LogP contribution < -0.4 is 9.80 Å². The first-order chi connectivity index (χ1) is 9.10. The summed E-state index contributed by atoms with van der Waals surface area (Å²) in [4.78, 5) is 8.79. The fraction of sp³-hybridized carbons (Fsp3) is 0.846. The minimum atomic E-state index is 0.0525. The minimum absolute atomic E-state index is 0.0525. The normalized spacial score (nSPS) is 23.7. The molecule has 0 aliphatic carbocycles. The molecule has 1 saturated heterocycles. The van der Waals surface area contributed by atoms with Gasteiger partial charge in [0.05, 0.1) is 6.61 Å². The quantitative estimate of drug-likeness (QED) is 0.896. The summed E-state index contributed by atoms with van der Waals surface area (Å²) in [6, 6.07) is 0. The number of hydrogen-bond donors (Lipinski definition) is 1. The van der Waals surface area contributed by atoms with Gasteiger partial charge < -0.3 is 14.9 Å². The third-order valence-electron chi connectivity index (χ3n) is 3.85. The molecule has 1 aromatic heterocycles. The molecule has 1 fully saturated rings. The molecule has 1 atom stereocenters. The Hall–Kier alpha value is -0.880.